The smallest absolute Gasteiger partial charge is 0.303 e. The maximum atomic E-state index is 11.2. The van der Waals surface area contributed by atoms with Gasteiger partial charge in [-0.15, -0.1) is 0 Å². The minimum atomic E-state index is -0.318. The lowest BCUT2D eigenvalue weighted by molar-refractivity contribution is -0.144. The highest BCUT2D eigenvalue weighted by atomic mass is 16.5. The first-order valence-corrected chi connectivity index (χ1v) is 7.37. The third kappa shape index (κ3) is 4.36. The number of carbonyl (C=O) groups is 1. The first-order valence-electron chi connectivity index (χ1n) is 7.37. The summed E-state index contributed by atoms with van der Waals surface area (Å²) in [5.41, 5.74) is 0.974. The Bertz CT molecular complexity index is 671. The number of benzene rings is 2. The lowest BCUT2D eigenvalue weighted by Crippen LogP contribution is -2.14. The molecule has 0 aromatic heterocycles. The Morgan fingerprint density at radius 1 is 1.19 bits per heavy atom. The van der Waals surface area contributed by atoms with Gasteiger partial charge in [-0.3, -0.25) is 4.79 Å². The summed E-state index contributed by atoms with van der Waals surface area (Å²) in [5, 5.41) is 2.30. The van der Waals surface area contributed by atoms with E-state index in [0.29, 0.717) is 0 Å². The molecular weight excluding hydrogens is 260 g/mol. The lowest BCUT2D eigenvalue weighted by atomic mass is 10.0. The van der Waals surface area contributed by atoms with Crippen molar-refractivity contribution in [3.8, 4) is 11.8 Å². The summed E-state index contributed by atoms with van der Waals surface area (Å²) < 4.78 is 5.27. The fourth-order valence-electron chi connectivity index (χ4n) is 2.24. The van der Waals surface area contributed by atoms with Gasteiger partial charge >= 0.3 is 5.97 Å². The number of hydrogen-bond donors (Lipinski definition) is 0. The van der Waals surface area contributed by atoms with Crippen molar-refractivity contribution in [1.29, 1.82) is 0 Å². The maximum Gasteiger partial charge on any atom is 0.303 e. The predicted octanol–water partition coefficient (Wildman–Crippen LogP) is 4.31. The standard InChI is InChI=1S/C19H20O2/c1-3-4-11-18(21-15(2)20)14-13-17-10-7-9-16-8-5-6-12-19(16)17/h5-10,12,18H,3-4,11H2,1-2H3. The molecule has 0 radical (unpaired) electrons. The van der Waals surface area contributed by atoms with Gasteiger partial charge < -0.3 is 4.74 Å². The van der Waals surface area contributed by atoms with Crippen LogP contribution in [0.15, 0.2) is 42.5 Å². The molecule has 21 heavy (non-hydrogen) atoms. The molecule has 0 saturated carbocycles. The summed E-state index contributed by atoms with van der Waals surface area (Å²) in [6.07, 6.45) is 2.53. The zero-order valence-electron chi connectivity index (χ0n) is 12.6. The number of rotatable bonds is 4. The molecule has 1 atom stereocenters. The van der Waals surface area contributed by atoms with Crippen LogP contribution in [0.1, 0.15) is 38.7 Å². The Morgan fingerprint density at radius 2 is 1.95 bits per heavy atom. The highest BCUT2D eigenvalue weighted by Crippen LogP contribution is 2.17. The van der Waals surface area contributed by atoms with Gasteiger partial charge in [0.15, 0.2) is 6.10 Å². The fraction of sp³-hybridized carbons (Fsp3) is 0.316. The second-order valence-corrected chi connectivity index (χ2v) is 5.04. The van der Waals surface area contributed by atoms with Gasteiger partial charge in [-0.05, 0) is 29.7 Å². The number of fused-ring (bicyclic) bond motifs is 1. The van der Waals surface area contributed by atoms with Crippen LogP contribution in [-0.4, -0.2) is 12.1 Å². The van der Waals surface area contributed by atoms with Crippen molar-refractivity contribution < 1.29 is 9.53 Å². The van der Waals surface area contributed by atoms with Crippen LogP contribution in [0, 0.1) is 11.8 Å². The molecule has 0 amide bonds. The van der Waals surface area contributed by atoms with Crippen molar-refractivity contribution in [2.45, 2.75) is 39.2 Å². The molecule has 2 aromatic carbocycles. The molecule has 0 N–H and O–H groups in total. The normalized spacial score (nSPS) is 11.5. The average Bonchev–Trinajstić information content (AvgIpc) is 2.49. The first kappa shape index (κ1) is 15.1. The molecule has 0 fully saturated rings. The van der Waals surface area contributed by atoms with Crippen molar-refractivity contribution in [2.24, 2.45) is 0 Å². The number of hydrogen-bond acceptors (Lipinski definition) is 2. The zero-order chi connectivity index (χ0) is 15.1. The summed E-state index contributed by atoms with van der Waals surface area (Å²) in [7, 11) is 0. The summed E-state index contributed by atoms with van der Waals surface area (Å²) in [6, 6.07) is 14.2. The number of ether oxygens (including phenoxy) is 1. The summed E-state index contributed by atoms with van der Waals surface area (Å²) >= 11 is 0. The van der Waals surface area contributed by atoms with Gasteiger partial charge in [-0.2, -0.15) is 0 Å². The Labute approximate surface area is 126 Å². The molecule has 2 rings (SSSR count). The minimum absolute atomic E-state index is 0.275. The van der Waals surface area contributed by atoms with Gasteiger partial charge in [0, 0.05) is 12.5 Å². The molecule has 0 bridgehead atoms. The largest absolute Gasteiger partial charge is 0.449 e. The number of unbranched alkanes of at least 4 members (excludes halogenated alkanes) is 1. The molecule has 0 aliphatic heterocycles. The predicted molar refractivity (Wildman–Crippen MR) is 85.9 cm³/mol. The third-order valence-corrected chi connectivity index (χ3v) is 3.29. The Kier molecular flexibility index (Phi) is 5.40. The first-order chi connectivity index (χ1) is 10.2. The molecular formula is C19H20O2. The van der Waals surface area contributed by atoms with E-state index in [2.05, 4.69) is 37.0 Å². The molecule has 2 heteroatoms. The van der Waals surface area contributed by atoms with E-state index >= 15 is 0 Å². The average molecular weight is 280 g/mol. The number of esters is 1. The van der Waals surface area contributed by atoms with E-state index in [1.807, 2.05) is 24.3 Å². The van der Waals surface area contributed by atoms with Crippen LogP contribution in [0.3, 0.4) is 0 Å². The fourth-order valence-corrected chi connectivity index (χ4v) is 2.24. The minimum Gasteiger partial charge on any atom is -0.449 e. The monoisotopic (exact) mass is 280 g/mol. The van der Waals surface area contributed by atoms with E-state index in [9.17, 15) is 4.79 Å². The molecule has 0 aliphatic rings. The molecule has 2 nitrogen and oxygen atoms in total. The topological polar surface area (TPSA) is 26.3 Å². The van der Waals surface area contributed by atoms with Crippen LogP contribution in [0.4, 0.5) is 0 Å². The highest BCUT2D eigenvalue weighted by Gasteiger charge is 2.07. The zero-order valence-corrected chi connectivity index (χ0v) is 12.6. The Hall–Kier alpha value is -2.27. The molecule has 0 heterocycles. The van der Waals surface area contributed by atoms with E-state index in [0.717, 1.165) is 30.2 Å². The van der Waals surface area contributed by atoms with Crippen LogP contribution in [-0.2, 0) is 9.53 Å². The molecule has 0 aliphatic carbocycles. The Balaban J connectivity index is 2.26. The molecule has 108 valence electrons. The Morgan fingerprint density at radius 3 is 2.71 bits per heavy atom. The van der Waals surface area contributed by atoms with Gasteiger partial charge in [0.1, 0.15) is 0 Å². The van der Waals surface area contributed by atoms with Gasteiger partial charge in [-0.1, -0.05) is 61.6 Å². The number of carbonyl (C=O) groups excluding carboxylic acids is 1. The second kappa shape index (κ2) is 7.50. The van der Waals surface area contributed by atoms with E-state index in [4.69, 9.17) is 4.74 Å². The van der Waals surface area contributed by atoms with Crippen LogP contribution in [0.5, 0.6) is 0 Å². The second-order valence-electron chi connectivity index (χ2n) is 5.04. The van der Waals surface area contributed by atoms with Gasteiger partial charge in [0.25, 0.3) is 0 Å². The van der Waals surface area contributed by atoms with E-state index in [1.165, 1.54) is 12.3 Å². The summed E-state index contributed by atoms with van der Waals surface area (Å²) in [5.74, 6) is 6.00. The van der Waals surface area contributed by atoms with Gasteiger partial charge in [0.2, 0.25) is 0 Å². The molecule has 1 unspecified atom stereocenters. The van der Waals surface area contributed by atoms with Crippen molar-refractivity contribution in [3.05, 3.63) is 48.0 Å². The van der Waals surface area contributed by atoms with Crippen molar-refractivity contribution >= 4 is 16.7 Å². The SMILES string of the molecule is CCCCC(C#Cc1cccc2ccccc12)OC(C)=O. The molecule has 0 saturated heterocycles. The van der Waals surface area contributed by atoms with Crippen molar-refractivity contribution in [1.82, 2.24) is 0 Å². The quantitative estimate of drug-likeness (QED) is 0.616. The van der Waals surface area contributed by atoms with E-state index in [-0.39, 0.29) is 12.1 Å². The maximum absolute atomic E-state index is 11.2. The van der Waals surface area contributed by atoms with Gasteiger partial charge in [0.05, 0.1) is 0 Å². The summed E-state index contributed by atoms with van der Waals surface area (Å²) in [4.78, 5) is 11.2. The van der Waals surface area contributed by atoms with Crippen LogP contribution in [0.2, 0.25) is 0 Å². The summed E-state index contributed by atoms with van der Waals surface area (Å²) in [6.45, 7) is 3.54. The molecule has 0 spiro atoms. The van der Waals surface area contributed by atoms with Crippen molar-refractivity contribution in [2.75, 3.05) is 0 Å². The van der Waals surface area contributed by atoms with E-state index in [1.54, 1.807) is 0 Å². The van der Waals surface area contributed by atoms with Gasteiger partial charge in [-0.25, -0.2) is 0 Å². The van der Waals surface area contributed by atoms with E-state index < -0.39 is 0 Å². The lowest BCUT2D eigenvalue weighted by Gasteiger charge is -2.10. The van der Waals surface area contributed by atoms with Crippen LogP contribution in [0.25, 0.3) is 10.8 Å². The van der Waals surface area contributed by atoms with Crippen LogP contribution >= 0.6 is 0 Å². The molecule has 2 aromatic rings. The third-order valence-electron chi connectivity index (χ3n) is 3.29. The van der Waals surface area contributed by atoms with Crippen LogP contribution < -0.4 is 0 Å². The highest BCUT2D eigenvalue weighted by molar-refractivity contribution is 5.88. The van der Waals surface area contributed by atoms with Crippen molar-refractivity contribution in [3.63, 3.8) is 0 Å².